The molecule has 0 amide bonds. The van der Waals surface area contributed by atoms with Gasteiger partial charge in [0.25, 0.3) is 5.56 Å². The average Bonchev–Trinajstić information content (AvgIpc) is 2.57. The van der Waals surface area contributed by atoms with E-state index in [-0.39, 0.29) is 29.2 Å². The van der Waals surface area contributed by atoms with Crippen LogP contribution in [-0.2, 0) is 6.54 Å². The van der Waals surface area contributed by atoms with Gasteiger partial charge in [-0.25, -0.2) is 9.37 Å². The summed E-state index contributed by atoms with van der Waals surface area (Å²) in [6.07, 6.45) is 1.33. The van der Waals surface area contributed by atoms with Gasteiger partial charge < -0.3 is 4.74 Å². The Morgan fingerprint density at radius 1 is 1.29 bits per heavy atom. The molecule has 0 radical (unpaired) electrons. The molecule has 0 saturated carbocycles. The van der Waals surface area contributed by atoms with E-state index < -0.39 is 5.82 Å². The number of nitrogens with zero attached hydrogens (tertiary/aromatic N) is 2. The van der Waals surface area contributed by atoms with Crippen molar-refractivity contribution in [2.45, 2.75) is 6.54 Å². The van der Waals surface area contributed by atoms with Gasteiger partial charge in [0.15, 0.2) is 17.3 Å². The number of Topliss-reactive ketones (excluding diaryl/α,β-unsaturated/α-hetero) is 1. The van der Waals surface area contributed by atoms with E-state index in [1.54, 1.807) is 12.1 Å². The van der Waals surface area contributed by atoms with Crippen LogP contribution < -0.4 is 10.3 Å². The Morgan fingerprint density at radius 3 is 2.79 bits per heavy atom. The first kappa shape index (κ1) is 16.6. The van der Waals surface area contributed by atoms with E-state index in [2.05, 4.69) is 27.6 Å². The lowest BCUT2D eigenvalue weighted by atomic mass is 10.1. The monoisotopic (exact) mass is 438 g/mol. The fourth-order valence-corrected chi connectivity index (χ4v) is 2.82. The number of halogens is 2. The first-order valence-electron chi connectivity index (χ1n) is 7.01. The van der Waals surface area contributed by atoms with Crippen LogP contribution in [0.2, 0.25) is 0 Å². The van der Waals surface area contributed by atoms with E-state index in [4.69, 9.17) is 4.74 Å². The molecular weight excluding hydrogens is 426 g/mol. The molecule has 5 nitrogen and oxygen atoms in total. The van der Waals surface area contributed by atoms with Crippen molar-refractivity contribution in [1.82, 2.24) is 9.55 Å². The lowest BCUT2D eigenvalue weighted by Crippen LogP contribution is -2.24. The zero-order valence-electron chi connectivity index (χ0n) is 12.6. The van der Waals surface area contributed by atoms with Gasteiger partial charge in [0, 0.05) is 9.13 Å². The molecule has 3 rings (SSSR count). The lowest BCUT2D eigenvalue weighted by molar-refractivity contribution is 0.0970. The maximum absolute atomic E-state index is 13.7. The molecule has 1 aromatic heterocycles. The van der Waals surface area contributed by atoms with Crippen LogP contribution >= 0.6 is 22.6 Å². The van der Waals surface area contributed by atoms with E-state index in [0.717, 1.165) is 9.64 Å². The van der Waals surface area contributed by atoms with E-state index in [0.29, 0.717) is 10.9 Å². The van der Waals surface area contributed by atoms with E-state index >= 15 is 0 Å². The summed E-state index contributed by atoms with van der Waals surface area (Å²) in [5.74, 6) is -0.946. The molecule has 0 saturated heterocycles. The Balaban J connectivity index is 1.94. The van der Waals surface area contributed by atoms with E-state index in [9.17, 15) is 14.0 Å². The van der Waals surface area contributed by atoms with Gasteiger partial charge in [0.05, 0.1) is 30.9 Å². The molecule has 0 atom stereocenters. The SMILES string of the molecule is COc1ccc(C(=O)Cn2cnc3ccc(I)cc3c2=O)cc1F. The molecule has 7 heteroatoms. The summed E-state index contributed by atoms with van der Waals surface area (Å²) in [6.45, 7) is -0.209. The number of ketones is 1. The Morgan fingerprint density at radius 2 is 2.08 bits per heavy atom. The highest BCUT2D eigenvalue weighted by Crippen LogP contribution is 2.18. The molecule has 0 aliphatic rings. The maximum atomic E-state index is 13.7. The van der Waals surface area contributed by atoms with Gasteiger partial charge in [-0.2, -0.15) is 0 Å². The first-order chi connectivity index (χ1) is 11.5. The van der Waals surface area contributed by atoms with Crippen LogP contribution in [-0.4, -0.2) is 22.4 Å². The van der Waals surface area contributed by atoms with Crippen LogP contribution in [0.1, 0.15) is 10.4 Å². The highest BCUT2D eigenvalue weighted by molar-refractivity contribution is 14.1. The average molecular weight is 438 g/mol. The van der Waals surface area contributed by atoms with Gasteiger partial charge in [-0.05, 0) is 59.0 Å². The summed E-state index contributed by atoms with van der Waals surface area (Å²) in [5.41, 5.74) is 0.434. The van der Waals surface area contributed by atoms with Crippen LogP contribution in [0.3, 0.4) is 0 Å². The molecule has 0 aliphatic heterocycles. The number of aromatic nitrogens is 2. The van der Waals surface area contributed by atoms with Gasteiger partial charge >= 0.3 is 0 Å². The zero-order valence-corrected chi connectivity index (χ0v) is 14.8. The van der Waals surface area contributed by atoms with Crippen LogP contribution in [0.4, 0.5) is 4.39 Å². The topological polar surface area (TPSA) is 61.2 Å². The molecule has 122 valence electrons. The van der Waals surface area contributed by atoms with Crippen LogP contribution in [0.5, 0.6) is 5.75 Å². The number of fused-ring (bicyclic) bond motifs is 1. The largest absolute Gasteiger partial charge is 0.494 e. The molecule has 0 spiro atoms. The minimum absolute atomic E-state index is 0.0608. The van der Waals surface area contributed by atoms with Crippen molar-refractivity contribution in [1.29, 1.82) is 0 Å². The van der Waals surface area contributed by atoms with Gasteiger partial charge in [-0.15, -0.1) is 0 Å². The molecule has 0 bridgehead atoms. The molecule has 3 aromatic rings. The molecule has 1 heterocycles. The second-order valence-electron chi connectivity index (χ2n) is 5.11. The van der Waals surface area contributed by atoms with Gasteiger partial charge in [0.1, 0.15) is 0 Å². The minimum atomic E-state index is -0.623. The van der Waals surface area contributed by atoms with Crippen LogP contribution in [0.25, 0.3) is 10.9 Å². The van der Waals surface area contributed by atoms with Crippen molar-refractivity contribution < 1.29 is 13.9 Å². The normalized spacial score (nSPS) is 10.8. The van der Waals surface area contributed by atoms with Crippen molar-refractivity contribution in [3.8, 4) is 5.75 Å². The third kappa shape index (κ3) is 3.16. The van der Waals surface area contributed by atoms with Crippen LogP contribution in [0.15, 0.2) is 47.5 Å². The van der Waals surface area contributed by atoms with Crippen molar-refractivity contribution in [2.24, 2.45) is 0 Å². The number of rotatable bonds is 4. The Hall–Kier alpha value is -2.29. The van der Waals surface area contributed by atoms with Crippen molar-refractivity contribution in [3.63, 3.8) is 0 Å². The highest BCUT2D eigenvalue weighted by Gasteiger charge is 2.13. The Kier molecular flexibility index (Phi) is 4.61. The number of hydrogen-bond donors (Lipinski definition) is 0. The predicted molar refractivity (Wildman–Crippen MR) is 96.0 cm³/mol. The summed E-state index contributed by atoms with van der Waals surface area (Å²) in [5, 5.41) is 0.443. The Labute approximate surface area is 150 Å². The number of carbonyl (C=O) groups excluding carboxylic acids is 1. The second-order valence-corrected chi connectivity index (χ2v) is 6.36. The third-order valence-electron chi connectivity index (χ3n) is 3.57. The zero-order chi connectivity index (χ0) is 17.3. The summed E-state index contributed by atoms with van der Waals surface area (Å²) < 4.78 is 20.7. The van der Waals surface area contributed by atoms with Crippen LogP contribution in [0, 0.1) is 9.39 Å². The summed E-state index contributed by atoms with van der Waals surface area (Å²) in [7, 11) is 1.35. The molecule has 0 N–H and O–H groups in total. The quantitative estimate of drug-likeness (QED) is 0.464. The first-order valence-corrected chi connectivity index (χ1v) is 8.09. The van der Waals surface area contributed by atoms with Crippen molar-refractivity contribution in [2.75, 3.05) is 7.11 Å². The summed E-state index contributed by atoms with van der Waals surface area (Å²) >= 11 is 2.10. The maximum Gasteiger partial charge on any atom is 0.261 e. The molecular formula is C17H12FIN2O3. The van der Waals surface area contributed by atoms with Gasteiger partial charge in [0.2, 0.25) is 0 Å². The number of carbonyl (C=O) groups is 1. The summed E-state index contributed by atoms with van der Waals surface area (Å²) in [6, 6.07) is 9.27. The standard InChI is InChI=1S/C17H12FIN2O3/c1-24-16-5-2-10(6-13(16)18)15(22)8-21-9-20-14-4-3-11(19)7-12(14)17(21)23/h2-7,9H,8H2,1H3. The number of ether oxygens (including phenoxy) is 1. The molecule has 0 aliphatic carbocycles. The van der Waals surface area contributed by atoms with E-state index in [1.165, 1.54) is 30.1 Å². The number of methoxy groups -OCH3 is 1. The molecule has 0 unspecified atom stereocenters. The second kappa shape index (κ2) is 6.68. The number of benzene rings is 2. The third-order valence-corrected chi connectivity index (χ3v) is 4.24. The smallest absolute Gasteiger partial charge is 0.261 e. The molecule has 24 heavy (non-hydrogen) atoms. The molecule has 2 aromatic carbocycles. The highest BCUT2D eigenvalue weighted by atomic mass is 127. The summed E-state index contributed by atoms with van der Waals surface area (Å²) in [4.78, 5) is 29.0. The van der Waals surface area contributed by atoms with Crippen molar-refractivity contribution >= 4 is 39.3 Å². The lowest BCUT2D eigenvalue weighted by Gasteiger charge is -2.08. The fourth-order valence-electron chi connectivity index (χ4n) is 2.33. The van der Waals surface area contributed by atoms with Gasteiger partial charge in [-0.3, -0.25) is 14.2 Å². The Bertz CT molecular complexity index is 1000. The predicted octanol–water partition coefficient (Wildman–Crippen LogP) is 3.03. The van der Waals surface area contributed by atoms with E-state index in [1.807, 2.05) is 6.07 Å². The minimum Gasteiger partial charge on any atom is -0.494 e. The number of hydrogen-bond acceptors (Lipinski definition) is 4. The van der Waals surface area contributed by atoms with Gasteiger partial charge in [-0.1, -0.05) is 0 Å². The molecule has 0 fully saturated rings. The fraction of sp³-hybridized carbons (Fsp3) is 0.118. The van der Waals surface area contributed by atoms with Crippen molar-refractivity contribution in [3.05, 3.63) is 68.0 Å².